The van der Waals surface area contributed by atoms with E-state index in [1.807, 2.05) is 0 Å². The lowest BCUT2D eigenvalue weighted by Gasteiger charge is -2.22. The molecule has 5 nitrogen and oxygen atoms in total. The fourth-order valence-electron chi connectivity index (χ4n) is 3.63. The maximum atomic E-state index is 12.8. The van der Waals surface area contributed by atoms with E-state index >= 15 is 0 Å². The molecule has 2 aromatic rings. The zero-order valence-corrected chi connectivity index (χ0v) is 17.9. The van der Waals surface area contributed by atoms with Gasteiger partial charge in [-0.1, -0.05) is 24.3 Å². The van der Waals surface area contributed by atoms with Crippen LogP contribution in [0.4, 0.5) is 13.2 Å². The molecule has 0 radical (unpaired) electrons. The molecule has 1 aromatic carbocycles. The number of amides is 1. The Balaban J connectivity index is 1.54. The number of nitrogens with zero attached hydrogens (tertiary/aromatic N) is 1. The number of alkyl halides is 3. The lowest BCUT2D eigenvalue weighted by Crippen LogP contribution is -2.33. The summed E-state index contributed by atoms with van der Waals surface area (Å²) in [5, 5.41) is 8.98. The van der Waals surface area contributed by atoms with Crippen LogP contribution >= 0.6 is 11.3 Å². The predicted octanol–water partition coefficient (Wildman–Crippen LogP) is 4.76. The summed E-state index contributed by atoms with van der Waals surface area (Å²) in [5.74, 6) is -1.30. The van der Waals surface area contributed by atoms with Crippen LogP contribution in [0.1, 0.15) is 44.9 Å². The van der Waals surface area contributed by atoms with E-state index in [-0.39, 0.29) is 34.6 Å². The van der Waals surface area contributed by atoms with Crippen LogP contribution in [0.2, 0.25) is 0 Å². The number of thiophene rings is 1. The van der Waals surface area contributed by atoms with Gasteiger partial charge in [0.05, 0.1) is 11.6 Å². The predicted molar refractivity (Wildman–Crippen MR) is 114 cm³/mol. The normalized spacial score (nSPS) is 16.8. The summed E-state index contributed by atoms with van der Waals surface area (Å²) in [5.41, 5.74) is -0.508. The van der Waals surface area contributed by atoms with Crippen molar-refractivity contribution in [1.82, 2.24) is 4.90 Å². The number of allylic oxidation sites excluding steroid dienone is 1. The number of carbonyl (C=O) groups is 3. The van der Waals surface area contributed by atoms with Gasteiger partial charge in [0, 0.05) is 24.3 Å². The lowest BCUT2D eigenvalue weighted by molar-refractivity contribution is -0.137. The first-order valence-electron chi connectivity index (χ1n) is 10.1. The molecule has 1 saturated heterocycles. The summed E-state index contributed by atoms with van der Waals surface area (Å²) >= 11 is 1.21. The molecule has 32 heavy (non-hydrogen) atoms. The SMILES string of the molecule is O=C(C=C[C@H]1CCC(=O)N1CCCc1ccc(C(=O)O)s1)Cc1cccc(C(F)(F)F)c1. The Labute approximate surface area is 187 Å². The molecule has 0 saturated carbocycles. The zero-order valence-electron chi connectivity index (χ0n) is 17.1. The van der Waals surface area contributed by atoms with E-state index < -0.39 is 17.7 Å². The quantitative estimate of drug-likeness (QED) is 0.542. The van der Waals surface area contributed by atoms with Gasteiger partial charge < -0.3 is 10.0 Å². The molecule has 9 heteroatoms. The van der Waals surface area contributed by atoms with Crippen molar-refractivity contribution in [3.8, 4) is 0 Å². The number of carbonyl (C=O) groups excluding carboxylic acids is 2. The minimum atomic E-state index is -4.46. The van der Waals surface area contributed by atoms with E-state index in [1.165, 1.54) is 29.5 Å². The lowest BCUT2D eigenvalue weighted by atomic mass is 10.0. The standard InChI is InChI=1S/C23H22F3NO4S/c24-23(25,26)16-4-1-3-15(13-16)14-18(28)8-6-17-7-11-21(29)27(17)12-2-5-19-9-10-20(32-19)22(30)31/h1,3-4,6,8-10,13,17H,2,5,7,11-12,14H2,(H,30,31)/t17-/m0/s1. The molecule has 1 atom stereocenters. The second kappa shape index (κ2) is 10.1. The van der Waals surface area contributed by atoms with Crippen molar-refractivity contribution in [2.45, 2.75) is 44.3 Å². The Bertz CT molecular complexity index is 1030. The van der Waals surface area contributed by atoms with E-state index in [9.17, 15) is 27.6 Å². The third-order valence-electron chi connectivity index (χ3n) is 5.21. The van der Waals surface area contributed by atoms with Crippen LogP contribution in [-0.4, -0.2) is 40.3 Å². The number of carboxylic acid groups (broad SMARTS) is 1. The molecule has 1 amide bonds. The van der Waals surface area contributed by atoms with Crippen LogP contribution in [-0.2, 0) is 28.6 Å². The smallest absolute Gasteiger partial charge is 0.416 e. The minimum absolute atomic E-state index is 0.0117. The topological polar surface area (TPSA) is 74.7 Å². The molecule has 1 aromatic heterocycles. The van der Waals surface area contributed by atoms with Gasteiger partial charge in [-0.25, -0.2) is 4.79 Å². The number of likely N-dealkylation sites (tertiary alicyclic amines) is 1. The van der Waals surface area contributed by atoms with Gasteiger partial charge in [-0.3, -0.25) is 9.59 Å². The molecule has 2 heterocycles. The molecule has 170 valence electrons. The number of ketones is 1. The highest BCUT2D eigenvalue weighted by molar-refractivity contribution is 7.13. The Kier molecular flexibility index (Phi) is 7.50. The molecular weight excluding hydrogens is 443 g/mol. The summed E-state index contributed by atoms with van der Waals surface area (Å²) in [6.45, 7) is 0.482. The van der Waals surface area contributed by atoms with E-state index in [0.717, 1.165) is 17.0 Å². The van der Waals surface area contributed by atoms with Crippen molar-refractivity contribution < 1.29 is 32.7 Å². The molecule has 0 spiro atoms. The highest BCUT2D eigenvalue weighted by atomic mass is 32.1. The average Bonchev–Trinajstić information content (AvgIpc) is 3.34. The zero-order chi connectivity index (χ0) is 23.3. The van der Waals surface area contributed by atoms with Gasteiger partial charge in [0.25, 0.3) is 0 Å². The van der Waals surface area contributed by atoms with Gasteiger partial charge in [-0.2, -0.15) is 13.2 Å². The third kappa shape index (κ3) is 6.29. The van der Waals surface area contributed by atoms with Crippen LogP contribution in [0.3, 0.4) is 0 Å². The molecule has 1 aliphatic rings. The molecule has 0 bridgehead atoms. The molecule has 0 aliphatic carbocycles. The van der Waals surface area contributed by atoms with Crippen molar-refractivity contribution in [2.75, 3.05) is 6.54 Å². The van der Waals surface area contributed by atoms with Gasteiger partial charge >= 0.3 is 12.1 Å². The van der Waals surface area contributed by atoms with Gasteiger partial charge in [0.2, 0.25) is 5.91 Å². The molecule has 3 rings (SSSR count). The Morgan fingerprint density at radius 1 is 1.22 bits per heavy atom. The average molecular weight is 465 g/mol. The van der Waals surface area contributed by atoms with Crippen LogP contribution in [0.5, 0.6) is 0 Å². The van der Waals surface area contributed by atoms with Crippen molar-refractivity contribution in [3.05, 3.63) is 69.4 Å². The number of hydrogen-bond acceptors (Lipinski definition) is 4. The number of aromatic carboxylic acids is 1. The summed E-state index contributed by atoms with van der Waals surface area (Å²) in [6.07, 6.45) is 0.639. The Morgan fingerprint density at radius 3 is 2.69 bits per heavy atom. The van der Waals surface area contributed by atoms with Gasteiger partial charge in [0.1, 0.15) is 4.88 Å². The largest absolute Gasteiger partial charge is 0.477 e. The highest BCUT2D eigenvalue weighted by Crippen LogP contribution is 2.29. The first-order chi connectivity index (χ1) is 15.1. The van der Waals surface area contributed by atoms with Crippen LogP contribution < -0.4 is 0 Å². The van der Waals surface area contributed by atoms with E-state index in [2.05, 4.69) is 0 Å². The minimum Gasteiger partial charge on any atom is -0.477 e. The monoisotopic (exact) mass is 465 g/mol. The van der Waals surface area contributed by atoms with Crippen molar-refractivity contribution in [2.24, 2.45) is 0 Å². The number of hydrogen-bond donors (Lipinski definition) is 1. The molecule has 1 N–H and O–H groups in total. The fourth-order valence-corrected chi connectivity index (χ4v) is 4.52. The summed E-state index contributed by atoms with van der Waals surface area (Å²) in [6, 6.07) is 7.79. The van der Waals surface area contributed by atoms with Crippen molar-refractivity contribution in [3.63, 3.8) is 0 Å². The summed E-state index contributed by atoms with van der Waals surface area (Å²) < 4.78 is 38.5. The number of halogens is 3. The van der Waals surface area contributed by atoms with E-state index in [0.29, 0.717) is 32.2 Å². The molecule has 0 unspecified atom stereocenters. The van der Waals surface area contributed by atoms with Crippen molar-refractivity contribution >= 4 is 29.0 Å². The number of carboxylic acids is 1. The fraction of sp³-hybridized carbons (Fsp3) is 0.348. The maximum absolute atomic E-state index is 12.8. The first-order valence-corrected chi connectivity index (χ1v) is 10.9. The van der Waals surface area contributed by atoms with E-state index in [1.54, 1.807) is 23.1 Å². The van der Waals surface area contributed by atoms with Gasteiger partial charge in [0.15, 0.2) is 5.78 Å². The molecule has 1 fully saturated rings. The van der Waals surface area contributed by atoms with Crippen LogP contribution in [0, 0.1) is 0 Å². The Morgan fingerprint density at radius 2 is 2.00 bits per heavy atom. The first kappa shape index (κ1) is 23.7. The highest BCUT2D eigenvalue weighted by Gasteiger charge is 2.31. The summed E-state index contributed by atoms with van der Waals surface area (Å²) in [7, 11) is 0. The summed E-state index contributed by atoms with van der Waals surface area (Å²) in [4.78, 5) is 38.3. The number of benzene rings is 1. The van der Waals surface area contributed by atoms with Gasteiger partial charge in [-0.15, -0.1) is 11.3 Å². The number of rotatable bonds is 9. The number of aryl methyl sites for hydroxylation is 1. The maximum Gasteiger partial charge on any atom is 0.416 e. The van der Waals surface area contributed by atoms with Crippen molar-refractivity contribution in [1.29, 1.82) is 0 Å². The second-order valence-corrected chi connectivity index (χ2v) is 8.74. The Hall–Kier alpha value is -2.94. The third-order valence-corrected chi connectivity index (χ3v) is 6.34. The van der Waals surface area contributed by atoms with E-state index in [4.69, 9.17) is 5.11 Å². The molecular formula is C23H22F3NO4S. The second-order valence-electron chi connectivity index (χ2n) is 7.57. The van der Waals surface area contributed by atoms with Crippen LogP contribution in [0.25, 0.3) is 0 Å². The van der Waals surface area contributed by atoms with Gasteiger partial charge in [-0.05, 0) is 49.1 Å². The van der Waals surface area contributed by atoms with Crippen LogP contribution in [0.15, 0.2) is 48.6 Å². The molecule has 1 aliphatic heterocycles.